The maximum Gasteiger partial charge on any atom is 0.264 e. The number of aryl methyl sites for hydroxylation is 1. The standard InChI is InChI=1S/C37H43FN6O4Si/c1-25-35(49(2,3)38)33(16-18-42-23-31(40-41-42)29(24-45)27-12-8-5-9-13-27)48-37(25)30-20-28(43-19-17-39-21-34(43)46)14-15-32(30)44(36(37)47)22-26-10-6-4-7-11-26/h4-15,20,23,25,29,33,35,39,45H,16-19,21-22,24H2,1-3H3/t25-,29?,33+,35-,37+/m0/s1. The van der Waals surface area contributed by atoms with Crippen molar-refractivity contribution in [2.75, 3.05) is 36.0 Å². The van der Waals surface area contributed by atoms with Crippen LogP contribution in [0.15, 0.2) is 85.1 Å². The zero-order valence-corrected chi connectivity index (χ0v) is 29.1. The molecular formula is C37H43FN6O4Si. The minimum atomic E-state index is -3.40. The van der Waals surface area contributed by atoms with Crippen LogP contribution in [0.5, 0.6) is 0 Å². The monoisotopic (exact) mass is 682 g/mol. The fourth-order valence-electron chi connectivity index (χ4n) is 8.17. The number of amides is 2. The fourth-order valence-corrected chi connectivity index (χ4v) is 10.7. The van der Waals surface area contributed by atoms with Crippen molar-refractivity contribution < 1.29 is 23.5 Å². The number of anilines is 2. The van der Waals surface area contributed by atoms with Crippen LogP contribution < -0.4 is 15.1 Å². The van der Waals surface area contributed by atoms with Crippen LogP contribution in [-0.4, -0.2) is 72.7 Å². The predicted octanol–water partition coefficient (Wildman–Crippen LogP) is 4.75. The third-order valence-corrected chi connectivity index (χ3v) is 12.9. The summed E-state index contributed by atoms with van der Waals surface area (Å²) in [6.45, 7) is 7.40. The molecule has 2 fully saturated rings. The highest BCUT2D eigenvalue weighted by atomic mass is 28.4. The second-order valence-electron chi connectivity index (χ2n) is 13.9. The summed E-state index contributed by atoms with van der Waals surface area (Å²) in [6, 6.07) is 25.2. The summed E-state index contributed by atoms with van der Waals surface area (Å²) < 4.78 is 25.2. The van der Waals surface area contributed by atoms with Crippen LogP contribution in [0.2, 0.25) is 18.6 Å². The van der Waals surface area contributed by atoms with Gasteiger partial charge in [-0.3, -0.25) is 14.3 Å². The van der Waals surface area contributed by atoms with Crippen LogP contribution in [-0.2, 0) is 33.0 Å². The first-order valence-corrected chi connectivity index (χ1v) is 20.0. The predicted molar refractivity (Wildman–Crippen MR) is 187 cm³/mol. The number of aliphatic hydroxyl groups excluding tert-OH is 1. The van der Waals surface area contributed by atoms with Crippen LogP contribution in [0.1, 0.15) is 41.6 Å². The van der Waals surface area contributed by atoms with E-state index in [1.54, 1.807) is 27.6 Å². The zero-order valence-electron chi connectivity index (χ0n) is 28.1. The Balaban J connectivity index is 1.23. The summed E-state index contributed by atoms with van der Waals surface area (Å²) in [4.78, 5) is 31.3. The smallest absolute Gasteiger partial charge is 0.264 e. The largest absolute Gasteiger partial charge is 0.395 e. The molecule has 1 unspecified atom stereocenters. The molecule has 0 aliphatic carbocycles. The highest BCUT2D eigenvalue weighted by molar-refractivity contribution is 6.72. The first kappa shape index (κ1) is 33.3. The highest BCUT2D eigenvalue weighted by Gasteiger charge is 2.66. The Bertz CT molecular complexity index is 1820. The lowest BCUT2D eigenvalue weighted by molar-refractivity contribution is -0.146. The Morgan fingerprint density at radius 1 is 1.08 bits per heavy atom. The molecule has 3 aromatic carbocycles. The minimum absolute atomic E-state index is 0.0398. The topological polar surface area (TPSA) is 113 Å². The first-order valence-electron chi connectivity index (χ1n) is 17.1. The Labute approximate surface area is 287 Å². The van der Waals surface area contributed by atoms with Crippen molar-refractivity contribution in [3.05, 3.63) is 107 Å². The molecule has 2 N–H and O–H groups in total. The molecule has 3 aliphatic rings. The number of nitrogens with zero attached hydrogens (tertiary/aromatic N) is 5. The molecule has 4 aromatic rings. The Hall–Kier alpha value is -4.23. The van der Waals surface area contributed by atoms with E-state index in [1.807, 2.05) is 92.0 Å². The van der Waals surface area contributed by atoms with E-state index in [1.165, 1.54) is 0 Å². The van der Waals surface area contributed by atoms with Crippen molar-refractivity contribution in [1.29, 1.82) is 0 Å². The van der Waals surface area contributed by atoms with E-state index < -0.39 is 31.6 Å². The number of aromatic nitrogens is 3. The molecule has 12 heteroatoms. The molecule has 2 amide bonds. The number of fused-ring (bicyclic) bond motifs is 2. The van der Waals surface area contributed by atoms with Gasteiger partial charge in [0.1, 0.15) is 0 Å². The summed E-state index contributed by atoms with van der Waals surface area (Å²) in [5, 5.41) is 22.0. The zero-order chi connectivity index (χ0) is 34.3. The van der Waals surface area contributed by atoms with Gasteiger partial charge in [0.15, 0.2) is 5.60 Å². The Morgan fingerprint density at radius 3 is 2.51 bits per heavy atom. The van der Waals surface area contributed by atoms with Crippen molar-refractivity contribution in [2.45, 2.75) is 62.7 Å². The summed E-state index contributed by atoms with van der Waals surface area (Å²) in [5.41, 5.74) is 2.78. The van der Waals surface area contributed by atoms with E-state index in [-0.39, 0.29) is 30.9 Å². The molecule has 0 radical (unpaired) electrons. The fraction of sp³-hybridized carbons (Fsp3) is 0.405. The number of ether oxygens (including phenoxy) is 1. The second kappa shape index (κ2) is 13.2. The molecule has 2 saturated heterocycles. The molecule has 0 saturated carbocycles. The van der Waals surface area contributed by atoms with Gasteiger partial charge in [-0.2, -0.15) is 0 Å². The maximum atomic E-state index is 16.5. The van der Waals surface area contributed by atoms with E-state index in [4.69, 9.17) is 4.74 Å². The molecule has 256 valence electrons. The molecule has 7 rings (SSSR count). The molecule has 1 aromatic heterocycles. The van der Waals surface area contributed by atoms with E-state index in [0.29, 0.717) is 49.5 Å². The normalized spacial score (nSPS) is 24.6. The lowest BCUT2D eigenvalue weighted by Crippen LogP contribution is -2.48. The number of hydrogen-bond acceptors (Lipinski definition) is 7. The van der Waals surface area contributed by atoms with Crippen molar-refractivity contribution in [3.63, 3.8) is 0 Å². The molecular weight excluding hydrogens is 640 g/mol. The van der Waals surface area contributed by atoms with Crippen LogP contribution in [0.4, 0.5) is 15.5 Å². The highest BCUT2D eigenvalue weighted by Crippen LogP contribution is 2.60. The lowest BCUT2D eigenvalue weighted by Gasteiger charge is -2.32. The Morgan fingerprint density at radius 2 is 1.82 bits per heavy atom. The molecule has 10 nitrogen and oxygen atoms in total. The van der Waals surface area contributed by atoms with Crippen LogP contribution in [0.25, 0.3) is 0 Å². The number of aliphatic hydroxyl groups is 1. The summed E-state index contributed by atoms with van der Waals surface area (Å²) >= 11 is 0. The average Bonchev–Trinajstić information content (AvgIpc) is 3.75. The molecule has 5 atom stereocenters. The van der Waals surface area contributed by atoms with Crippen molar-refractivity contribution in [3.8, 4) is 0 Å². The third-order valence-electron chi connectivity index (χ3n) is 10.5. The first-order chi connectivity index (χ1) is 23.6. The van der Waals surface area contributed by atoms with Gasteiger partial charge in [0.05, 0.1) is 43.1 Å². The van der Waals surface area contributed by atoms with Crippen molar-refractivity contribution in [1.82, 2.24) is 20.3 Å². The van der Waals surface area contributed by atoms with Gasteiger partial charge >= 0.3 is 0 Å². The SMILES string of the molecule is C[C@H]1[C@H]([Si](C)(C)F)[C@@H](CCn2cc(C(CO)c3ccccc3)nn2)O[C@]12C(=O)N(Cc1ccccc1)c1ccc(N3CCNCC3=O)cc12. The molecule has 49 heavy (non-hydrogen) atoms. The van der Waals surface area contributed by atoms with Gasteiger partial charge in [0.2, 0.25) is 14.3 Å². The quantitative estimate of drug-likeness (QED) is 0.184. The summed E-state index contributed by atoms with van der Waals surface area (Å²) in [5.74, 6) is -1.02. The Kier molecular flexibility index (Phi) is 8.99. The number of benzene rings is 3. The number of hydrogen-bond donors (Lipinski definition) is 2. The number of carbonyl (C=O) groups is 2. The molecule has 0 bridgehead atoms. The van der Waals surface area contributed by atoms with Crippen molar-refractivity contribution in [2.24, 2.45) is 5.92 Å². The van der Waals surface area contributed by atoms with E-state index in [9.17, 15) is 14.7 Å². The molecule has 4 heterocycles. The van der Waals surface area contributed by atoms with E-state index in [2.05, 4.69) is 15.6 Å². The van der Waals surface area contributed by atoms with Gasteiger partial charge in [-0.15, -0.1) is 5.10 Å². The third kappa shape index (κ3) is 6.00. The van der Waals surface area contributed by atoms with Crippen molar-refractivity contribution >= 4 is 31.6 Å². The van der Waals surface area contributed by atoms with Gasteiger partial charge in [-0.25, -0.2) is 0 Å². The van der Waals surface area contributed by atoms with Gasteiger partial charge in [-0.1, -0.05) is 72.8 Å². The average molecular weight is 683 g/mol. The van der Waals surface area contributed by atoms with Crippen LogP contribution in [0.3, 0.4) is 0 Å². The van der Waals surface area contributed by atoms with Gasteiger partial charge in [-0.05, 0) is 48.8 Å². The molecule has 3 aliphatic heterocycles. The summed E-state index contributed by atoms with van der Waals surface area (Å²) in [7, 11) is -3.40. The summed E-state index contributed by atoms with van der Waals surface area (Å²) in [6.07, 6.45) is 1.69. The minimum Gasteiger partial charge on any atom is -0.395 e. The van der Waals surface area contributed by atoms with Crippen LogP contribution in [0, 0.1) is 5.92 Å². The van der Waals surface area contributed by atoms with Gasteiger partial charge in [0.25, 0.3) is 5.91 Å². The number of piperazine rings is 1. The number of rotatable bonds is 10. The second-order valence-corrected chi connectivity index (χ2v) is 17.7. The van der Waals surface area contributed by atoms with Crippen LogP contribution >= 0.6 is 0 Å². The van der Waals surface area contributed by atoms with E-state index in [0.717, 1.165) is 16.8 Å². The maximum absolute atomic E-state index is 16.5. The number of carbonyl (C=O) groups excluding carboxylic acids is 2. The lowest BCUT2D eigenvalue weighted by atomic mass is 9.82. The van der Waals surface area contributed by atoms with Gasteiger partial charge < -0.3 is 29.1 Å². The number of halogens is 1. The number of nitrogens with one attached hydrogen (secondary N) is 1. The molecule has 1 spiro atoms. The van der Waals surface area contributed by atoms with E-state index >= 15 is 4.11 Å². The van der Waals surface area contributed by atoms with Gasteiger partial charge in [0, 0.05) is 48.5 Å².